The van der Waals surface area contributed by atoms with Gasteiger partial charge in [0.1, 0.15) is 5.69 Å². The number of aromatic nitrogens is 3. The number of halogens is 2. The molecule has 1 aliphatic heterocycles. The Morgan fingerprint density at radius 3 is 2.88 bits per heavy atom. The Balaban J connectivity index is 1.94. The number of nitrogens with one attached hydrogen (secondary N) is 1. The van der Waals surface area contributed by atoms with E-state index in [2.05, 4.69) is 31.6 Å². The molecule has 0 spiro atoms. The van der Waals surface area contributed by atoms with Gasteiger partial charge in [0.15, 0.2) is 0 Å². The fraction of sp³-hybridized carbons (Fsp3) is 0.273. The average molecular weight is 314 g/mol. The number of benzene rings is 1. The van der Waals surface area contributed by atoms with Crippen molar-refractivity contribution < 1.29 is 0 Å². The SMILES string of the molecule is Clc1ccc(-c2cn(C3CNC3)nn2)c(Br)c1. The highest BCUT2D eigenvalue weighted by Crippen LogP contribution is 2.29. The molecule has 0 bridgehead atoms. The Labute approximate surface area is 112 Å². The Morgan fingerprint density at radius 2 is 2.24 bits per heavy atom. The minimum Gasteiger partial charge on any atom is -0.312 e. The zero-order valence-electron chi connectivity index (χ0n) is 8.90. The molecule has 88 valence electrons. The molecule has 17 heavy (non-hydrogen) atoms. The summed E-state index contributed by atoms with van der Waals surface area (Å²) >= 11 is 9.40. The van der Waals surface area contributed by atoms with Crippen LogP contribution in [0.1, 0.15) is 6.04 Å². The van der Waals surface area contributed by atoms with E-state index in [4.69, 9.17) is 11.6 Å². The first kappa shape index (κ1) is 11.2. The first-order chi connectivity index (χ1) is 8.24. The molecule has 1 aliphatic rings. The summed E-state index contributed by atoms with van der Waals surface area (Å²) in [7, 11) is 0. The van der Waals surface area contributed by atoms with E-state index in [1.54, 1.807) is 0 Å². The zero-order valence-corrected chi connectivity index (χ0v) is 11.2. The van der Waals surface area contributed by atoms with Crippen LogP contribution in [0.15, 0.2) is 28.9 Å². The Kier molecular flexibility index (Phi) is 2.90. The number of hydrogen-bond acceptors (Lipinski definition) is 3. The highest BCUT2D eigenvalue weighted by Gasteiger charge is 2.20. The molecule has 0 aliphatic carbocycles. The van der Waals surface area contributed by atoms with Crippen LogP contribution in [-0.4, -0.2) is 28.1 Å². The molecule has 0 amide bonds. The van der Waals surface area contributed by atoms with Crippen molar-refractivity contribution in [2.24, 2.45) is 0 Å². The lowest BCUT2D eigenvalue weighted by atomic mass is 10.1. The summed E-state index contributed by atoms with van der Waals surface area (Å²) in [5.74, 6) is 0. The van der Waals surface area contributed by atoms with Crippen LogP contribution in [0.5, 0.6) is 0 Å². The van der Waals surface area contributed by atoms with Crippen LogP contribution < -0.4 is 5.32 Å². The van der Waals surface area contributed by atoms with E-state index in [0.29, 0.717) is 11.1 Å². The summed E-state index contributed by atoms with van der Waals surface area (Å²) in [4.78, 5) is 0. The van der Waals surface area contributed by atoms with Gasteiger partial charge >= 0.3 is 0 Å². The largest absolute Gasteiger partial charge is 0.312 e. The second kappa shape index (κ2) is 4.40. The Hall–Kier alpha value is -0.910. The molecule has 0 radical (unpaired) electrons. The first-order valence-corrected chi connectivity index (χ1v) is 6.49. The minimum atomic E-state index is 0.433. The summed E-state index contributed by atoms with van der Waals surface area (Å²) in [6.07, 6.45) is 1.97. The molecule has 6 heteroatoms. The summed E-state index contributed by atoms with van der Waals surface area (Å²) in [6.45, 7) is 1.93. The molecule has 2 aromatic rings. The van der Waals surface area contributed by atoms with Crippen molar-refractivity contribution in [3.8, 4) is 11.3 Å². The summed E-state index contributed by atoms with van der Waals surface area (Å²) in [5.41, 5.74) is 1.87. The maximum Gasteiger partial charge on any atom is 0.114 e. The van der Waals surface area contributed by atoms with Crippen LogP contribution in [0.2, 0.25) is 5.02 Å². The van der Waals surface area contributed by atoms with Gasteiger partial charge in [0.05, 0.1) is 12.2 Å². The molecule has 3 rings (SSSR count). The van der Waals surface area contributed by atoms with Crippen LogP contribution in [0.4, 0.5) is 0 Å². The van der Waals surface area contributed by atoms with E-state index < -0.39 is 0 Å². The fourth-order valence-corrected chi connectivity index (χ4v) is 2.62. The van der Waals surface area contributed by atoms with Gasteiger partial charge in [-0.1, -0.05) is 38.8 Å². The third-order valence-corrected chi connectivity index (χ3v) is 3.74. The molecule has 1 aromatic heterocycles. The van der Waals surface area contributed by atoms with Gasteiger partial charge in [0.25, 0.3) is 0 Å². The minimum absolute atomic E-state index is 0.433. The van der Waals surface area contributed by atoms with Gasteiger partial charge in [-0.3, -0.25) is 0 Å². The molecule has 1 aromatic carbocycles. The van der Waals surface area contributed by atoms with Crippen molar-refractivity contribution in [3.63, 3.8) is 0 Å². The smallest absolute Gasteiger partial charge is 0.114 e. The quantitative estimate of drug-likeness (QED) is 0.926. The van der Waals surface area contributed by atoms with E-state index in [0.717, 1.165) is 28.8 Å². The molecule has 1 N–H and O–H groups in total. The van der Waals surface area contributed by atoms with Gasteiger partial charge in [0.2, 0.25) is 0 Å². The van der Waals surface area contributed by atoms with Crippen molar-refractivity contribution in [2.75, 3.05) is 13.1 Å². The second-order valence-corrected chi connectivity index (χ2v) is 5.31. The normalized spacial score (nSPS) is 15.9. The molecule has 2 heterocycles. The lowest BCUT2D eigenvalue weighted by molar-refractivity contribution is 0.313. The monoisotopic (exact) mass is 312 g/mol. The van der Waals surface area contributed by atoms with Crippen molar-refractivity contribution in [3.05, 3.63) is 33.9 Å². The molecule has 4 nitrogen and oxygen atoms in total. The number of hydrogen-bond donors (Lipinski definition) is 1. The van der Waals surface area contributed by atoms with Crippen molar-refractivity contribution in [1.82, 2.24) is 20.3 Å². The van der Waals surface area contributed by atoms with Crippen LogP contribution in [-0.2, 0) is 0 Å². The maximum absolute atomic E-state index is 5.91. The van der Waals surface area contributed by atoms with E-state index in [1.165, 1.54) is 0 Å². The molecule has 0 saturated carbocycles. The summed E-state index contributed by atoms with van der Waals surface area (Å²) in [6, 6.07) is 6.09. The van der Waals surface area contributed by atoms with E-state index >= 15 is 0 Å². The maximum atomic E-state index is 5.91. The second-order valence-electron chi connectivity index (χ2n) is 4.02. The van der Waals surface area contributed by atoms with Crippen LogP contribution >= 0.6 is 27.5 Å². The Morgan fingerprint density at radius 1 is 1.41 bits per heavy atom. The van der Waals surface area contributed by atoms with Gasteiger partial charge in [0, 0.05) is 28.1 Å². The van der Waals surface area contributed by atoms with Crippen molar-refractivity contribution in [2.45, 2.75) is 6.04 Å². The molecular weight excluding hydrogens is 304 g/mol. The van der Waals surface area contributed by atoms with Crippen LogP contribution in [0, 0.1) is 0 Å². The van der Waals surface area contributed by atoms with Gasteiger partial charge in [-0.15, -0.1) is 5.10 Å². The average Bonchev–Trinajstić information content (AvgIpc) is 2.64. The highest BCUT2D eigenvalue weighted by atomic mass is 79.9. The van der Waals surface area contributed by atoms with Crippen LogP contribution in [0.3, 0.4) is 0 Å². The van der Waals surface area contributed by atoms with Gasteiger partial charge in [-0.25, -0.2) is 4.68 Å². The van der Waals surface area contributed by atoms with E-state index in [-0.39, 0.29) is 0 Å². The number of nitrogens with zero attached hydrogens (tertiary/aromatic N) is 3. The van der Waals surface area contributed by atoms with E-state index in [1.807, 2.05) is 29.1 Å². The predicted octanol–water partition coefficient (Wildman–Crippen LogP) is 2.51. The Bertz CT molecular complexity index is 550. The predicted molar refractivity (Wildman–Crippen MR) is 70.1 cm³/mol. The highest BCUT2D eigenvalue weighted by molar-refractivity contribution is 9.10. The van der Waals surface area contributed by atoms with E-state index in [9.17, 15) is 0 Å². The lowest BCUT2D eigenvalue weighted by Crippen LogP contribution is -2.43. The standard InChI is InChI=1S/C11H10BrClN4/c12-10-3-7(13)1-2-9(10)11-6-17(16-15-11)8-4-14-5-8/h1-3,6,8,14H,4-5H2. The third kappa shape index (κ3) is 2.10. The zero-order chi connectivity index (χ0) is 11.8. The van der Waals surface area contributed by atoms with Gasteiger partial charge in [-0.2, -0.15) is 0 Å². The van der Waals surface area contributed by atoms with Gasteiger partial charge < -0.3 is 5.32 Å². The molecular formula is C11H10BrClN4. The van der Waals surface area contributed by atoms with Crippen molar-refractivity contribution in [1.29, 1.82) is 0 Å². The molecule has 1 saturated heterocycles. The molecule has 1 fully saturated rings. The molecule has 0 unspecified atom stereocenters. The van der Waals surface area contributed by atoms with Crippen LogP contribution in [0.25, 0.3) is 11.3 Å². The third-order valence-electron chi connectivity index (χ3n) is 2.85. The lowest BCUT2D eigenvalue weighted by Gasteiger charge is -2.26. The topological polar surface area (TPSA) is 42.7 Å². The fourth-order valence-electron chi connectivity index (χ4n) is 1.74. The number of rotatable bonds is 2. The van der Waals surface area contributed by atoms with Crippen molar-refractivity contribution >= 4 is 27.5 Å². The van der Waals surface area contributed by atoms with Gasteiger partial charge in [-0.05, 0) is 12.1 Å². The summed E-state index contributed by atoms with van der Waals surface area (Å²) < 4.78 is 2.84. The summed E-state index contributed by atoms with van der Waals surface area (Å²) in [5, 5.41) is 12.3. The first-order valence-electron chi connectivity index (χ1n) is 5.32. The molecule has 0 atom stereocenters.